The first-order valence-electron chi connectivity index (χ1n) is 1.29. The Morgan fingerprint density at radius 2 is 1.67 bits per heavy atom. The third kappa shape index (κ3) is 0.519. The van der Waals surface area contributed by atoms with Crippen LogP contribution in [0.25, 0.3) is 0 Å². The minimum absolute atomic E-state index is 0.0595. The Bertz CT molecular complexity index is 93.4. The van der Waals surface area contributed by atoms with Gasteiger partial charge in [-0.15, -0.1) is 0 Å². The maximum absolute atomic E-state index is 2.58. The van der Waals surface area contributed by atoms with Crippen molar-refractivity contribution in [2.45, 2.75) is 1.42 Å². The average molecular weight is 362 g/mol. The molecule has 0 spiro atoms. The average Bonchev–Trinajstić information content (AvgIpc) is 1.78. The molecule has 0 amide bonds. The first-order valence-corrected chi connectivity index (χ1v) is 9.21. The van der Waals surface area contributed by atoms with Crippen molar-refractivity contribution in [1.29, 1.82) is 0 Å². The molecule has 0 N–H and O–H groups in total. The van der Waals surface area contributed by atoms with Crippen molar-refractivity contribution in [3.8, 4) is 0 Å². The van der Waals surface area contributed by atoms with Gasteiger partial charge < -0.3 is 0 Å². The third-order valence-electron chi connectivity index (χ3n) is 0.652. The molecule has 0 saturated carbocycles. The van der Waals surface area contributed by atoms with Crippen LogP contribution in [0.2, 0.25) is 0 Å². The minimum Gasteiger partial charge on any atom is -0.0499 e. The van der Waals surface area contributed by atoms with Gasteiger partial charge in [0.25, 0.3) is 0 Å². The summed E-state index contributed by atoms with van der Waals surface area (Å²) in [7, 11) is 4.29. The van der Waals surface area contributed by atoms with E-state index >= 15 is 0 Å². The van der Waals surface area contributed by atoms with Crippen LogP contribution in [0, 0.1) is 0 Å². The molecule has 0 nitrogen and oxygen atoms in total. The van der Waals surface area contributed by atoms with Gasteiger partial charge in [-0.25, -0.2) is 0 Å². The topological polar surface area (TPSA) is 0 Å². The molecule has 0 radical (unpaired) electrons. The lowest BCUT2D eigenvalue weighted by Gasteiger charge is -1.81. The molecule has 0 bridgehead atoms. The Morgan fingerprint density at radius 3 is 1.67 bits per heavy atom. The van der Waals surface area contributed by atoms with E-state index in [1.807, 2.05) is 0 Å². The SMILES string of the molecule is IC12SS1(I)S2. The van der Waals surface area contributed by atoms with E-state index in [9.17, 15) is 0 Å². The van der Waals surface area contributed by atoms with Crippen LogP contribution in [0.4, 0.5) is 0 Å². The molecular formula is CI2S3. The predicted molar refractivity (Wildman–Crippen MR) is 53.5 cm³/mol. The van der Waals surface area contributed by atoms with Crippen LogP contribution in [0.15, 0.2) is 0 Å². The first-order chi connectivity index (χ1) is 2.66. The van der Waals surface area contributed by atoms with Crippen molar-refractivity contribution < 1.29 is 0 Å². The van der Waals surface area contributed by atoms with Crippen LogP contribution in [-0.2, 0) is 0 Å². The Morgan fingerprint density at radius 1 is 1.50 bits per heavy atom. The summed E-state index contributed by atoms with van der Waals surface area (Å²) in [4.78, 5) is 0. The summed E-state index contributed by atoms with van der Waals surface area (Å²) in [6.45, 7) is 0. The van der Waals surface area contributed by atoms with Crippen LogP contribution in [0.5, 0.6) is 0 Å². The Hall–Kier alpha value is 2.51. The zero-order valence-corrected chi connectivity index (χ0v) is 9.25. The highest BCUT2D eigenvalue weighted by Crippen LogP contribution is 3.24. The Labute approximate surface area is 70.8 Å². The fourth-order valence-electron chi connectivity index (χ4n) is 0.228. The minimum atomic E-state index is -0.0595. The normalized spacial score (nSPS) is 83.7. The summed E-state index contributed by atoms with van der Waals surface area (Å²) in [6.07, 6.45) is 0. The van der Waals surface area contributed by atoms with Gasteiger partial charge in [-0.1, -0.05) is 0 Å². The van der Waals surface area contributed by atoms with Crippen LogP contribution in [0.1, 0.15) is 0 Å². The fraction of sp³-hybridized carbons (Fsp3) is 1.00. The molecule has 2 aliphatic rings. The van der Waals surface area contributed by atoms with Crippen LogP contribution in [-0.4, -0.2) is 1.42 Å². The molecule has 0 unspecified atom stereocenters. The molecule has 0 aromatic heterocycles. The molecule has 6 heavy (non-hydrogen) atoms. The number of hydrogen-bond acceptors (Lipinski definition) is 2. The van der Waals surface area contributed by atoms with E-state index in [0.717, 1.165) is 1.42 Å². The van der Waals surface area contributed by atoms with E-state index in [1.54, 1.807) is 0 Å². The van der Waals surface area contributed by atoms with Gasteiger partial charge in [0.2, 0.25) is 0 Å². The van der Waals surface area contributed by atoms with Crippen molar-refractivity contribution in [2.75, 3.05) is 0 Å². The number of fused-ring (bicyclic) bond motifs is 1. The predicted octanol–water partition coefficient (Wildman–Crippen LogP) is 3.51. The third-order valence-corrected chi connectivity index (χ3v) is 26.2. The van der Waals surface area contributed by atoms with Crippen molar-refractivity contribution in [3.63, 3.8) is 0 Å². The van der Waals surface area contributed by atoms with Crippen LogP contribution in [0.3, 0.4) is 0 Å². The molecular weight excluding hydrogens is 362 g/mol. The van der Waals surface area contributed by atoms with Gasteiger partial charge in [-0.05, 0) is 70.6 Å². The van der Waals surface area contributed by atoms with E-state index in [2.05, 4.69) is 65.4 Å². The van der Waals surface area contributed by atoms with Gasteiger partial charge in [0.1, 0.15) is 0 Å². The molecule has 5 heteroatoms. The number of alkyl halides is 1. The summed E-state index contributed by atoms with van der Waals surface area (Å²) in [5, 5.41) is -0.0595. The Kier molecular flexibility index (Phi) is 1.03. The van der Waals surface area contributed by atoms with Crippen molar-refractivity contribution in [1.82, 2.24) is 0 Å². The lowest BCUT2D eigenvalue weighted by Crippen LogP contribution is -1.54. The van der Waals surface area contributed by atoms with E-state index in [-0.39, 0.29) is 5.26 Å². The van der Waals surface area contributed by atoms with E-state index in [0.29, 0.717) is 0 Å². The lowest BCUT2D eigenvalue weighted by molar-refractivity contribution is 2.20. The van der Waals surface area contributed by atoms with Crippen molar-refractivity contribution in [2.24, 2.45) is 0 Å². The zero-order chi connectivity index (χ0) is 4.41. The number of hydrogen-bond donors (Lipinski definition) is 0. The highest BCUT2D eigenvalue weighted by Gasteiger charge is 2.82. The summed E-state index contributed by atoms with van der Waals surface area (Å²) in [5.74, 6) is 0. The summed E-state index contributed by atoms with van der Waals surface area (Å²) < 4.78 is 0.728. The summed E-state index contributed by atoms with van der Waals surface area (Å²) in [6, 6.07) is 0. The van der Waals surface area contributed by atoms with Gasteiger partial charge in [-0.2, -0.15) is 0 Å². The van der Waals surface area contributed by atoms with Crippen LogP contribution >= 0.6 is 70.6 Å². The van der Waals surface area contributed by atoms with Crippen molar-refractivity contribution >= 4 is 70.6 Å². The molecule has 2 saturated heterocycles. The second-order valence-electron chi connectivity index (χ2n) is 1.09. The molecule has 0 atom stereocenters. The second kappa shape index (κ2) is 1.17. The highest BCUT2D eigenvalue weighted by atomic mass is 127. The smallest absolute Gasteiger partial charge is 0.0499 e. The van der Waals surface area contributed by atoms with Gasteiger partial charge in [0.05, 0.1) is 0 Å². The molecule has 0 aromatic carbocycles. The van der Waals surface area contributed by atoms with Crippen LogP contribution < -0.4 is 0 Å². The molecule has 2 heterocycles. The molecule has 2 rings (SSSR count). The van der Waals surface area contributed by atoms with Gasteiger partial charge in [0, 0.05) is 0 Å². The summed E-state index contributed by atoms with van der Waals surface area (Å²) in [5.41, 5.74) is 0. The maximum Gasteiger partial charge on any atom is 0.187 e. The van der Waals surface area contributed by atoms with E-state index in [4.69, 9.17) is 0 Å². The molecule has 36 valence electrons. The number of rotatable bonds is 0. The van der Waals surface area contributed by atoms with Crippen molar-refractivity contribution in [3.05, 3.63) is 0 Å². The second-order valence-corrected chi connectivity index (χ2v) is 20.9. The molecule has 2 aliphatic heterocycles. The fourth-order valence-corrected chi connectivity index (χ4v) is 29.6. The summed E-state index contributed by atoms with van der Waals surface area (Å²) >= 11 is 5.12. The monoisotopic (exact) mass is 362 g/mol. The largest absolute Gasteiger partial charge is 0.187 e. The maximum atomic E-state index is 2.58. The van der Waals surface area contributed by atoms with E-state index in [1.165, 1.54) is 0 Å². The lowest BCUT2D eigenvalue weighted by atomic mass is 11.9. The first kappa shape index (κ1) is 5.31. The quantitative estimate of drug-likeness (QED) is 0.280. The standard InChI is InChI=1S/CI2S3/c2-1-4-6(1,3)5-1. The molecule has 0 aliphatic carbocycles. The Balaban J connectivity index is 2.34. The van der Waals surface area contributed by atoms with Gasteiger partial charge in [0.15, 0.2) is 1.42 Å². The highest BCUT2D eigenvalue weighted by molar-refractivity contribution is 14.2. The van der Waals surface area contributed by atoms with E-state index < -0.39 is 0 Å². The molecule has 0 aromatic rings. The molecule has 2 fully saturated rings. The number of halogens is 2. The van der Waals surface area contributed by atoms with Gasteiger partial charge >= 0.3 is 0 Å². The zero-order valence-electron chi connectivity index (χ0n) is 2.48. The van der Waals surface area contributed by atoms with Gasteiger partial charge in [-0.3, -0.25) is 0 Å².